The molecule has 5 heteroatoms. The number of hydrogen-bond acceptors (Lipinski definition) is 4. The van der Waals surface area contributed by atoms with Gasteiger partial charge in [0.2, 0.25) is 0 Å². The zero-order chi connectivity index (χ0) is 11.7. The fourth-order valence-corrected chi connectivity index (χ4v) is 1.40. The summed E-state index contributed by atoms with van der Waals surface area (Å²) in [5.41, 5.74) is 0.887. The Hall–Kier alpha value is -1.91. The molecule has 16 heavy (non-hydrogen) atoms. The van der Waals surface area contributed by atoms with E-state index in [2.05, 4.69) is 4.99 Å². The second-order valence-corrected chi connectivity index (χ2v) is 3.97. The van der Waals surface area contributed by atoms with Crippen molar-refractivity contribution in [3.63, 3.8) is 0 Å². The van der Waals surface area contributed by atoms with Gasteiger partial charge in [-0.2, -0.15) is 0 Å². The third kappa shape index (κ3) is 2.18. The standard InChI is InChI=1S/C11H12N2O3/c1-7-4-10(13(15)16)5-8(11(7)14)6-12-9-2-3-9/h4-6,9,14H,2-3H2,1H3. The fraction of sp³-hybridized carbons (Fsp3) is 0.364. The van der Waals surface area contributed by atoms with Gasteiger partial charge in [0.05, 0.1) is 11.0 Å². The number of rotatable bonds is 3. The summed E-state index contributed by atoms with van der Waals surface area (Å²) in [6, 6.07) is 3.02. The second-order valence-electron chi connectivity index (χ2n) is 3.97. The Labute approximate surface area is 92.6 Å². The first kappa shape index (κ1) is 10.6. The van der Waals surface area contributed by atoms with E-state index in [1.807, 2.05) is 0 Å². The summed E-state index contributed by atoms with van der Waals surface area (Å²) < 4.78 is 0. The number of aryl methyl sites for hydroxylation is 1. The monoisotopic (exact) mass is 220 g/mol. The highest BCUT2D eigenvalue weighted by atomic mass is 16.6. The number of non-ortho nitro benzene ring substituents is 1. The highest BCUT2D eigenvalue weighted by Gasteiger charge is 2.19. The summed E-state index contributed by atoms with van der Waals surface area (Å²) in [7, 11) is 0. The van der Waals surface area contributed by atoms with Gasteiger partial charge < -0.3 is 5.11 Å². The number of nitro groups is 1. The molecule has 5 nitrogen and oxygen atoms in total. The van der Waals surface area contributed by atoms with Gasteiger partial charge >= 0.3 is 0 Å². The highest BCUT2D eigenvalue weighted by molar-refractivity contribution is 5.85. The zero-order valence-corrected chi connectivity index (χ0v) is 8.88. The Kier molecular flexibility index (Phi) is 2.60. The minimum Gasteiger partial charge on any atom is -0.507 e. The van der Waals surface area contributed by atoms with Gasteiger partial charge in [0, 0.05) is 23.9 Å². The molecule has 1 fully saturated rings. The topological polar surface area (TPSA) is 75.7 Å². The van der Waals surface area contributed by atoms with Crippen molar-refractivity contribution in [3.05, 3.63) is 33.4 Å². The summed E-state index contributed by atoms with van der Waals surface area (Å²) in [6.45, 7) is 1.64. The quantitative estimate of drug-likeness (QED) is 0.482. The maximum absolute atomic E-state index is 10.6. The molecular weight excluding hydrogens is 208 g/mol. The van der Waals surface area contributed by atoms with Crippen molar-refractivity contribution in [1.29, 1.82) is 0 Å². The average molecular weight is 220 g/mol. The molecule has 84 valence electrons. The van der Waals surface area contributed by atoms with Gasteiger partial charge in [-0.05, 0) is 25.3 Å². The molecule has 0 aromatic heterocycles. The van der Waals surface area contributed by atoms with E-state index in [9.17, 15) is 15.2 Å². The molecule has 0 bridgehead atoms. The van der Waals surface area contributed by atoms with Gasteiger partial charge in [0.25, 0.3) is 5.69 Å². The van der Waals surface area contributed by atoms with Crippen LogP contribution in [0.15, 0.2) is 17.1 Å². The molecule has 2 rings (SSSR count). The lowest BCUT2D eigenvalue weighted by molar-refractivity contribution is -0.384. The third-order valence-electron chi connectivity index (χ3n) is 2.50. The Balaban J connectivity index is 2.37. The van der Waals surface area contributed by atoms with E-state index < -0.39 is 4.92 Å². The second kappa shape index (κ2) is 3.92. The molecule has 1 aliphatic carbocycles. The highest BCUT2D eigenvalue weighted by Crippen LogP contribution is 2.28. The lowest BCUT2D eigenvalue weighted by Crippen LogP contribution is -1.93. The van der Waals surface area contributed by atoms with E-state index in [-0.39, 0.29) is 11.4 Å². The first-order valence-electron chi connectivity index (χ1n) is 5.09. The number of aromatic hydroxyl groups is 1. The molecule has 1 aromatic rings. The molecule has 1 N–H and O–H groups in total. The molecule has 0 heterocycles. The molecule has 0 saturated heterocycles. The van der Waals surface area contributed by atoms with Crippen LogP contribution in [-0.2, 0) is 0 Å². The Morgan fingerprint density at radius 1 is 1.56 bits per heavy atom. The summed E-state index contributed by atoms with van der Waals surface area (Å²) in [6.07, 6.45) is 3.64. The largest absolute Gasteiger partial charge is 0.507 e. The average Bonchev–Trinajstić information content (AvgIpc) is 3.03. The van der Waals surface area contributed by atoms with Crippen LogP contribution in [0.5, 0.6) is 5.75 Å². The summed E-state index contributed by atoms with van der Waals surface area (Å²) in [5, 5.41) is 20.4. The molecule has 0 atom stereocenters. The van der Waals surface area contributed by atoms with Gasteiger partial charge in [-0.15, -0.1) is 0 Å². The predicted octanol–water partition coefficient (Wildman–Crippen LogP) is 2.19. The lowest BCUT2D eigenvalue weighted by atomic mass is 10.1. The smallest absolute Gasteiger partial charge is 0.270 e. The number of hydrogen-bond donors (Lipinski definition) is 1. The van der Waals surface area contributed by atoms with Crippen molar-refractivity contribution in [3.8, 4) is 5.75 Å². The Bertz CT molecular complexity index is 465. The lowest BCUT2D eigenvalue weighted by Gasteiger charge is -2.02. The first-order valence-corrected chi connectivity index (χ1v) is 5.09. The van der Waals surface area contributed by atoms with Crippen molar-refractivity contribution < 1.29 is 10.0 Å². The SMILES string of the molecule is Cc1cc([N+](=O)[O-])cc(C=NC2CC2)c1O. The number of phenols is 1. The number of benzene rings is 1. The maximum Gasteiger partial charge on any atom is 0.270 e. The maximum atomic E-state index is 10.6. The number of nitro benzene ring substituents is 1. The number of phenolic OH excluding ortho intramolecular Hbond substituents is 1. The van der Waals surface area contributed by atoms with Crippen molar-refractivity contribution in [2.75, 3.05) is 0 Å². The predicted molar refractivity (Wildman–Crippen MR) is 60.1 cm³/mol. The molecule has 0 aliphatic heterocycles. The van der Waals surface area contributed by atoms with Crippen LogP contribution in [-0.4, -0.2) is 22.3 Å². The molecule has 0 radical (unpaired) electrons. The van der Waals surface area contributed by atoms with Crippen LogP contribution < -0.4 is 0 Å². The summed E-state index contributed by atoms with van der Waals surface area (Å²) in [4.78, 5) is 14.4. The first-order chi connectivity index (χ1) is 7.58. The van der Waals surface area contributed by atoms with Gasteiger partial charge in [0.15, 0.2) is 0 Å². The summed E-state index contributed by atoms with van der Waals surface area (Å²) in [5.74, 6) is 0.0648. The van der Waals surface area contributed by atoms with E-state index in [0.717, 1.165) is 12.8 Å². The van der Waals surface area contributed by atoms with Crippen LogP contribution in [0.25, 0.3) is 0 Å². The van der Waals surface area contributed by atoms with Gasteiger partial charge in [-0.3, -0.25) is 15.1 Å². The van der Waals surface area contributed by atoms with Crippen LogP contribution >= 0.6 is 0 Å². The molecule has 0 spiro atoms. The van der Waals surface area contributed by atoms with Crippen LogP contribution in [0.4, 0.5) is 5.69 Å². The molecule has 0 amide bonds. The van der Waals surface area contributed by atoms with Crippen LogP contribution in [0.3, 0.4) is 0 Å². The minimum atomic E-state index is -0.471. The summed E-state index contributed by atoms with van der Waals surface area (Å²) >= 11 is 0. The van der Waals surface area contributed by atoms with E-state index in [4.69, 9.17) is 0 Å². The Morgan fingerprint density at radius 3 is 2.81 bits per heavy atom. The zero-order valence-electron chi connectivity index (χ0n) is 8.88. The van der Waals surface area contributed by atoms with Crippen molar-refractivity contribution in [2.24, 2.45) is 4.99 Å². The molecule has 1 aromatic carbocycles. The van der Waals surface area contributed by atoms with E-state index in [1.54, 1.807) is 6.92 Å². The van der Waals surface area contributed by atoms with Crippen LogP contribution in [0.2, 0.25) is 0 Å². The van der Waals surface area contributed by atoms with Crippen LogP contribution in [0.1, 0.15) is 24.0 Å². The molecule has 0 unspecified atom stereocenters. The molecular formula is C11H12N2O3. The normalized spacial score (nSPS) is 15.6. The number of nitrogens with zero attached hydrogens (tertiary/aromatic N) is 2. The number of aliphatic imine (C=N–C) groups is 1. The van der Waals surface area contributed by atoms with E-state index >= 15 is 0 Å². The minimum absolute atomic E-state index is 0.0208. The fourth-order valence-electron chi connectivity index (χ4n) is 1.40. The van der Waals surface area contributed by atoms with Crippen molar-refractivity contribution in [2.45, 2.75) is 25.8 Å². The van der Waals surface area contributed by atoms with Gasteiger partial charge in [-0.25, -0.2) is 0 Å². The Morgan fingerprint density at radius 2 is 2.25 bits per heavy atom. The van der Waals surface area contributed by atoms with E-state index in [1.165, 1.54) is 18.3 Å². The van der Waals surface area contributed by atoms with Crippen molar-refractivity contribution >= 4 is 11.9 Å². The van der Waals surface area contributed by atoms with Gasteiger partial charge in [-0.1, -0.05) is 0 Å². The third-order valence-corrected chi connectivity index (χ3v) is 2.50. The van der Waals surface area contributed by atoms with Gasteiger partial charge in [0.1, 0.15) is 5.75 Å². The molecule has 1 aliphatic rings. The molecule has 1 saturated carbocycles. The van der Waals surface area contributed by atoms with Crippen molar-refractivity contribution in [1.82, 2.24) is 0 Å². The van der Waals surface area contributed by atoms with E-state index in [0.29, 0.717) is 17.2 Å². The van der Waals surface area contributed by atoms with Crippen LogP contribution in [0, 0.1) is 17.0 Å².